The summed E-state index contributed by atoms with van der Waals surface area (Å²) < 4.78 is 0. The Morgan fingerprint density at radius 3 is 2.45 bits per heavy atom. The third kappa shape index (κ3) is 3.87. The van der Waals surface area contributed by atoms with Crippen LogP contribution >= 0.6 is 23.2 Å². The van der Waals surface area contributed by atoms with Crippen LogP contribution in [0.5, 0.6) is 0 Å². The summed E-state index contributed by atoms with van der Waals surface area (Å²) in [6.07, 6.45) is 5.51. The number of hydrogen-bond donors (Lipinski definition) is 1. The second-order valence-corrected chi connectivity index (χ2v) is 7.08. The van der Waals surface area contributed by atoms with Gasteiger partial charge in [-0.1, -0.05) is 44.0 Å². The summed E-state index contributed by atoms with van der Waals surface area (Å²) in [5, 5.41) is 4.85. The predicted molar refractivity (Wildman–Crippen MR) is 86.3 cm³/mol. The van der Waals surface area contributed by atoms with E-state index in [1.807, 2.05) is 0 Å². The van der Waals surface area contributed by atoms with Gasteiger partial charge in [-0.15, -0.1) is 0 Å². The van der Waals surface area contributed by atoms with Gasteiger partial charge >= 0.3 is 0 Å². The van der Waals surface area contributed by atoms with E-state index in [0.29, 0.717) is 16.0 Å². The van der Waals surface area contributed by atoms with Gasteiger partial charge in [0, 0.05) is 6.20 Å². The molecule has 0 spiro atoms. The van der Waals surface area contributed by atoms with Crippen LogP contribution in [0.25, 0.3) is 0 Å². The largest absolute Gasteiger partial charge is 0.309 e. The van der Waals surface area contributed by atoms with Gasteiger partial charge in [-0.05, 0) is 49.6 Å². The number of aromatic nitrogens is 1. The van der Waals surface area contributed by atoms with Gasteiger partial charge in [-0.2, -0.15) is 0 Å². The second kappa shape index (κ2) is 7.11. The molecule has 2 rings (SSSR count). The van der Waals surface area contributed by atoms with E-state index in [1.54, 1.807) is 12.3 Å². The fourth-order valence-corrected chi connectivity index (χ4v) is 4.14. The Kier molecular flexibility index (Phi) is 5.71. The van der Waals surface area contributed by atoms with Crippen molar-refractivity contribution in [1.82, 2.24) is 10.3 Å². The lowest BCUT2D eigenvalue weighted by Gasteiger charge is -2.37. The molecule has 0 amide bonds. The molecule has 0 bridgehead atoms. The van der Waals surface area contributed by atoms with E-state index in [0.717, 1.165) is 24.1 Å². The van der Waals surface area contributed by atoms with Crippen molar-refractivity contribution in [1.29, 1.82) is 0 Å². The Morgan fingerprint density at radius 2 is 1.90 bits per heavy atom. The maximum atomic E-state index is 6.37. The van der Waals surface area contributed by atoms with E-state index in [-0.39, 0.29) is 6.04 Å². The highest BCUT2D eigenvalue weighted by Gasteiger charge is 2.32. The van der Waals surface area contributed by atoms with E-state index in [4.69, 9.17) is 23.2 Å². The van der Waals surface area contributed by atoms with Crippen molar-refractivity contribution in [2.75, 3.05) is 6.54 Å². The molecule has 1 N–H and O–H groups in total. The fraction of sp³-hybridized carbons (Fsp3) is 0.688. The van der Waals surface area contributed by atoms with Crippen LogP contribution in [-0.4, -0.2) is 11.5 Å². The minimum Gasteiger partial charge on any atom is -0.309 e. The molecule has 0 radical (unpaired) electrons. The zero-order valence-electron chi connectivity index (χ0n) is 12.5. The zero-order valence-corrected chi connectivity index (χ0v) is 14.0. The highest BCUT2D eigenvalue weighted by atomic mass is 35.5. The number of nitrogens with zero attached hydrogens (tertiary/aromatic N) is 1. The molecule has 0 aromatic carbocycles. The van der Waals surface area contributed by atoms with E-state index < -0.39 is 0 Å². The van der Waals surface area contributed by atoms with E-state index in [2.05, 4.69) is 31.1 Å². The molecule has 1 saturated carbocycles. The molecule has 3 unspecified atom stereocenters. The Bertz CT molecular complexity index is 440. The number of nitrogens with one attached hydrogen (secondary N) is 1. The lowest BCUT2D eigenvalue weighted by atomic mass is 9.73. The Hall–Kier alpha value is -0.310. The zero-order chi connectivity index (χ0) is 14.7. The molecule has 3 atom stereocenters. The maximum absolute atomic E-state index is 6.37. The second-order valence-electron chi connectivity index (χ2n) is 6.23. The molecule has 20 heavy (non-hydrogen) atoms. The van der Waals surface area contributed by atoms with Crippen LogP contribution in [0.3, 0.4) is 0 Å². The average molecular weight is 315 g/mol. The van der Waals surface area contributed by atoms with Crippen molar-refractivity contribution < 1.29 is 0 Å². The van der Waals surface area contributed by atoms with Gasteiger partial charge in [0.15, 0.2) is 0 Å². The molecule has 1 heterocycles. The van der Waals surface area contributed by atoms with Gasteiger partial charge in [-0.3, -0.25) is 4.98 Å². The number of hydrogen-bond acceptors (Lipinski definition) is 2. The molecule has 1 aliphatic carbocycles. The Labute approximate surface area is 132 Å². The standard InChI is InChI=1S/C16H24Cl2N2/c1-4-19-15(12-6-10(2)5-11(3)7-12)16-14(18)8-13(17)9-20-16/h8-12,15,19H,4-7H2,1-3H3. The third-order valence-electron chi connectivity index (χ3n) is 4.24. The fourth-order valence-electron chi connectivity index (χ4n) is 3.64. The number of pyridine rings is 1. The van der Waals surface area contributed by atoms with Crippen LogP contribution in [0.1, 0.15) is 51.8 Å². The summed E-state index contributed by atoms with van der Waals surface area (Å²) in [5.41, 5.74) is 0.948. The molecule has 0 saturated heterocycles. The van der Waals surface area contributed by atoms with Crippen LogP contribution in [0, 0.1) is 17.8 Å². The van der Waals surface area contributed by atoms with Gasteiger partial charge in [0.05, 0.1) is 21.8 Å². The third-order valence-corrected chi connectivity index (χ3v) is 4.75. The SMILES string of the molecule is CCNC(c1ncc(Cl)cc1Cl)C1CC(C)CC(C)C1. The molecular weight excluding hydrogens is 291 g/mol. The smallest absolute Gasteiger partial charge is 0.0762 e. The summed E-state index contributed by atoms with van der Waals surface area (Å²) in [6.45, 7) is 7.75. The Balaban J connectivity index is 2.25. The topological polar surface area (TPSA) is 24.9 Å². The van der Waals surface area contributed by atoms with Gasteiger partial charge in [-0.25, -0.2) is 0 Å². The molecule has 0 aliphatic heterocycles. The highest BCUT2D eigenvalue weighted by Crippen LogP contribution is 2.41. The average Bonchev–Trinajstić information content (AvgIpc) is 2.35. The van der Waals surface area contributed by atoms with Crippen LogP contribution in [0.4, 0.5) is 0 Å². The molecule has 112 valence electrons. The molecule has 1 aliphatic rings. The van der Waals surface area contributed by atoms with Gasteiger partial charge < -0.3 is 5.32 Å². The van der Waals surface area contributed by atoms with Crippen molar-refractivity contribution in [3.05, 3.63) is 28.0 Å². The van der Waals surface area contributed by atoms with Crippen molar-refractivity contribution in [2.24, 2.45) is 17.8 Å². The first-order valence-electron chi connectivity index (χ1n) is 7.55. The summed E-state index contributed by atoms with van der Waals surface area (Å²) in [4.78, 5) is 4.50. The van der Waals surface area contributed by atoms with Crippen molar-refractivity contribution in [3.8, 4) is 0 Å². The quantitative estimate of drug-likeness (QED) is 0.835. The summed E-state index contributed by atoms with van der Waals surface area (Å²) in [7, 11) is 0. The first kappa shape index (κ1) is 16.1. The van der Waals surface area contributed by atoms with Crippen molar-refractivity contribution in [3.63, 3.8) is 0 Å². The molecule has 4 heteroatoms. The van der Waals surface area contributed by atoms with Crippen molar-refractivity contribution in [2.45, 2.75) is 46.1 Å². The molecular formula is C16H24Cl2N2. The maximum Gasteiger partial charge on any atom is 0.0762 e. The summed E-state index contributed by atoms with van der Waals surface area (Å²) in [6, 6.07) is 2.03. The molecule has 1 aromatic heterocycles. The first-order valence-corrected chi connectivity index (χ1v) is 8.31. The van der Waals surface area contributed by atoms with Crippen molar-refractivity contribution >= 4 is 23.2 Å². The van der Waals surface area contributed by atoms with Crippen LogP contribution in [0.15, 0.2) is 12.3 Å². The van der Waals surface area contributed by atoms with Gasteiger partial charge in [0.2, 0.25) is 0 Å². The van der Waals surface area contributed by atoms with E-state index in [1.165, 1.54) is 19.3 Å². The van der Waals surface area contributed by atoms with Crippen LogP contribution in [-0.2, 0) is 0 Å². The van der Waals surface area contributed by atoms with E-state index >= 15 is 0 Å². The lowest BCUT2D eigenvalue weighted by molar-refractivity contribution is 0.175. The van der Waals surface area contributed by atoms with Gasteiger partial charge in [0.25, 0.3) is 0 Å². The Morgan fingerprint density at radius 1 is 1.25 bits per heavy atom. The molecule has 2 nitrogen and oxygen atoms in total. The normalized spacial score (nSPS) is 28.4. The number of halogens is 2. The van der Waals surface area contributed by atoms with Gasteiger partial charge in [0.1, 0.15) is 0 Å². The van der Waals surface area contributed by atoms with Crippen LogP contribution in [0.2, 0.25) is 10.0 Å². The minimum atomic E-state index is 0.231. The molecule has 1 aromatic rings. The first-order chi connectivity index (χ1) is 9.51. The number of rotatable bonds is 4. The summed E-state index contributed by atoms with van der Waals surface area (Å²) in [5.74, 6) is 2.15. The monoisotopic (exact) mass is 314 g/mol. The van der Waals surface area contributed by atoms with Crippen LogP contribution < -0.4 is 5.32 Å². The molecule has 1 fully saturated rings. The lowest BCUT2D eigenvalue weighted by Crippen LogP contribution is -2.34. The van der Waals surface area contributed by atoms with E-state index in [9.17, 15) is 0 Å². The summed E-state index contributed by atoms with van der Waals surface area (Å²) >= 11 is 12.3. The highest BCUT2D eigenvalue weighted by molar-refractivity contribution is 6.34. The predicted octanol–water partition coefficient (Wildman–Crippen LogP) is 5.11. The minimum absolute atomic E-state index is 0.231.